The van der Waals surface area contributed by atoms with Crippen molar-refractivity contribution in [2.75, 3.05) is 6.61 Å². The van der Waals surface area contributed by atoms with Gasteiger partial charge < -0.3 is 9.47 Å². The van der Waals surface area contributed by atoms with Crippen molar-refractivity contribution in [3.05, 3.63) is 101 Å². The van der Waals surface area contributed by atoms with Gasteiger partial charge in [-0.15, -0.1) is 0 Å². The van der Waals surface area contributed by atoms with Crippen LogP contribution in [0.2, 0.25) is 0 Å². The van der Waals surface area contributed by atoms with Gasteiger partial charge in [0.1, 0.15) is 24.0 Å². The molecule has 0 amide bonds. The third kappa shape index (κ3) is 5.25. The summed E-state index contributed by atoms with van der Waals surface area (Å²) < 4.78 is 67.3. The lowest BCUT2D eigenvalue weighted by Gasteiger charge is -2.17. The van der Waals surface area contributed by atoms with Gasteiger partial charge in [0.05, 0.1) is 17.9 Å². The van der Waals surface area contributed by atoms with E-state index in [-0.39, 0.29) is 35.8 Å². The van der Waals surface area contributed by atoms with Gasteiger partial charge in [0, 0.05) is 16.8 Å². The number of hydrogen-bond donors (Lipinski definition) is 0. The first-order chi connectivity index (χ1) is 17.2. The number of ether oxygens (including phenoxy) is 2. The number of rotatable bonds is 7. The molecule has 0 unspecified atom stereocenters. The van der Waals surface area contributed by atoms with Gasteiger partial charge in [0.25, 0.3) is 0 Å². The van der Waals surface area contributed by atoms with E-state index in [1.165, 1.54) is 30.3 Å². The molecule has 186 valence electrons. The van der Waals surface area contributed by atoms with Crippen LogP contribution >= 0.6 is 0 Å². The number of carbonyl (C=O) groups is 1. The van der Waals surface area contributed by atoms with Crippen LogP contribution in [0.4, 0.5) is 17.6 Å². The van der Waals surface area contributed by atoms with E-state index in [9.17, 15) is 22.4 Å². The van der Waals surface area contributed by atoms with Gasteiger partial charge in [-0.1, -0.05) is 24.3 Å². The molecule has 36 heavy (non-hydrogen) atoms. The van der Waals surface area contributed by atoms with Gasteiger partial charge in [-0.2, -0.15) is 13.2 Å². The van der Waals surface area contributed by atoms with Crippen LogP contribution in [-0.2, 0) is 17.5 Å². The fourth-order valence-electron chi connectivity index (χ4n) is 3.72. The van der Waals surface area contributed by atoms with Crippen LogP contribution in [0, 0.1) is 12.7 Å². The van der Waals surface area contributed by atoms with Crippen LogP contribution in [0.1, 0.15) is 34.2 Å². The quantitative estimate of drug-likeness (QED) is 0.209. The van der Waals surface area contributed by atoms with E-state index in [2.05, 4.69) is 4.98 Å². The topological polar surface area (TPSA) is 53.4 Å². The number of alkyl halides is 3. The SMILES string of the molecule is CCOC(=O)c1cccc(-n2c(C)ccc2-c2cc(C(F)(F)F)ccc2OCc2ccccc2F)n1. The monoisotopic (exact) mass is 498 g/mol. The molecule has 0 N–H and O–H groups in total. The second kappa shape index (κ2) is 10.2. The fraction of sp³-hybridized carbons (Fsp3) is 0.185. The Kier molecular flexibility index (Phi) is 7.10. The predicted octanol–water partition coefficient (Wildman–Crippen LogP) is 6.76. The summed E-state index contributed by atoms with van der Waals surface area (Å²) in [4.78, 5) is 16.6. The molecule has 0 fully saturated rings. The summed E-state index contributed by atoms with van der Waals surface area (Å²) >= 11 is 0. The molecule has 2 heterocycles. The molecule has 9 heteroatoms. The van der Waals surface area contributed by atoms with Crippen molar-refractivity contribution >= 4 is 5.97 Å². The maximum Gasteiger partial charge on any atom is 0.416 e. The summed E-state index contributed by atoms with van der Waals surface area (Å²) in [6.45, 7) is 3.43. The lowest BCUT2D eigenvalue weighted by atomic mass is 10.1. The molecule has 0 saturated heterocycles. The van der Waals surface area contributed by atoms with E-state index in [0.29, 0.717) is 17.2 Å². The van der Waals surface area contributed by atoms with Crippen molar-refractivity contribution in [3.8, 4) is 22.8 Å². The second-order valence-electron chi connectivity index (χ2n) is 7.89. The van der Waals surface area contributed by atoms with E-state index < -0.39 is 23.5 Å². The van der Waals surface area contributed by atoms with E-state index in [1.54, 1.807) is 48.7 Å². The minimum Gasteiger partial charge on any atom is -0.488 e. The first kappa shape index (κ1) is 25.0. The normalized spacial score (nSPS) is 11.4. The molecular weight excluding hydrogens is 476 g/mol. The van der Waals surface area contributed by atoms with Crippen LogP contribution in [-0.4, -0.2) is 22.1 Å². The summed E-state index contributed by atoms with van der Waals surface area (Å²) in [6, 6.07) is 17.2. The van der Waals surface area contributed by atoms with Crippen LogP contribution in [0.5, 0.6) is 5.75 Å². The van der Waals surface area contributed by atoms with E-state index in [0.717, 1.165) is 12.1 Å². The van der Waals surface area contributed by atoms with E-state index >= 15 is 0 Å². The van der Waals surface area contributed by atoms with Crippen LogP contribution in [0.25, 0.3) is 17.1 Å². The van der Waals surface area contributed by atoms with Crippen molar-refractivity contribution in [1.82, 2.24) is 9.55 Å². The van der Waals surface area contributed by atoms with Gasteiger partial charge in [-0.25, -0.2) is 14.2 Å². The standard InChI is InChI=1S/C27H22F4N2O3/c1-3-35-26(34)22-9-6-10-25(32-22)33-17(2)11-13-23(33)20-15-19(27(29,30)31)12-14-24(20)36-16-18-7-4-5-8-21(18)28/h4-15H,3,16H2,1-2H3. The molecule has 0 aliphatic carbocycles. The number of nitrogens with zero attached hydrogens (tertiary/aromatic N) is 2. The van der Waals surface area contributed by atoms with Gasteiger partial charge in [0.2, 0.25) is 0 Å². The van der Waals surface area contributed by atoms with Crippen molar-refractivity contribution in [2.24, 2.45) is 0 Å². The third-order valence-electron chi connectivity index (χ3n) is 5.45. The first-order valence-electron chi connectivity index (χ1n) is 11.1. The Morgan fingerprint density at radius 2 is 1.78 bits per heavy atom. The number of hydrogen-bond acceptors (Lipinski definition) is 4. The number of pyridine rings is 1. The highest BCUT2D eigenvalue weighted by atomic mass is 19.4. The lowest BCUT2D eigenvalue weighted by molar-refractivity contribution is -0.137. The van der Waals surface area contributed by atoms with Gasteiger partial charge >= 0.3 is 12.1 Å². The summed E-state index contributed by atoms with van der Waals surface area (Å²) in [5.41, 5.74) is 0.616. The molecule has 0 spiro atoms. The molecule has 0 aliphatic rings. The molecule has 5 nitrogen and oxygen atoms in total. The Morgan fingerprint density at radius 1 is 1.00 bits per heavy atom. The number of esters is 1. The molecule has 0 atom stereocenters. The lowest BCUT2D eigenvalue weighted by Crippen LogP contribution is -2.11. The Labute approximate surface area is 204 Å². The molecule has 0 aliphatic heterocycles. The zero-order valence-electron chi connectivity index (χ0n) is 19.5. The average molecular weight is 498 g/mol. The number of aromatic nitrogens is 2. The number of carbonyl (C=O) groups excluding carboxylic acids is 1. The summed E-state index contributed by atoms with van der Waals surface area (Å²) in [5.74, 6) is -0.647. The summed E-state index contributed by atoms with van der Waals surface area (Å²) in [6.07, 6.45) is -4.59. The molecule has 4 aromatic rings. The largest absolute Gasteiger partial charge is 0.488 e. The van der Waals surface area contributed by atoms with Crippen LogP contribution < -0.4 is 4.74 Å². The van der Waals surface area contributed by atoms with Crippen molar-refractivity contribution in [2.45, 2.75) is 26.6 Å². The highest BCUT2D eigenvalue weighted by Crippen LogP contribution is 2.39. The second-order valence-corrected chi connectivity index (χ2v) is 7.89. The van der Waals surface area contributed by atoms with E-state index in [4.69, 9.17) is 9.47 Å². The summed E-state index contributed by atoms with van der Waals surface area (Å²) in [5, 5.41) is 0. The molecule has 0 bridgehead atoms. The average Bonchev–Trinajstić information content (AvgIpc) is 3.24. The Balaban J connectivity index is 1.81. The van der Waals surface area contributed by atoms with Crippen molar-refractivity contribution in [1.29, 1.82) is 0 Å². The fourth-order valence-corrected chi connectivity index (χ4v) is 3.72. The molecular formula is C27H22F4N2O3. The zero-order valence-corrected chi connectivity index (χ0v) is 19.5. The first-order valence-corrected chi connectivity index (χ1v) is 11.1. The molecule has 0 saturated carbocycles. The third-order valence-corrected chi connectivity index (χ3v) is 5.45. The number of halogens is 4. The Hall–Kier alpha value is -4.14. The maximum atomic E-state index is 14.1. The van der Waals surface area contributed by atoms with Crippen LogP contribution in [0.15, 0.2) is 72.8 Å². The van der Waals surface area contributed by atoms with Gasteiger partial charge in [0.15, 0.2) is 5.69 Å². The highest BCUT2D eigenvalue weighted by Gasteiger charge is 2.32. The molecule has 4 rings (SSSR count). The van der Waals surface area contributed by atoms with Crippen molar-refractivity contribution in [3.63, 3.8) is 0 Å². The Bertz CT molecular complexity index is 1400. The summed E-state index contributed by atoms with van der Waals surface area (Å²) in [7, 11) is 0. The molecule has 2 aromatic carbocycles. The van der Waals surface area contributed by atoms with Crippen LogP contribution in [0.3, 0.4) is 0 Å². The van der Waals surface area contributed by atoms with E-state index in [1.807, 2.05) is 0 Å². The minimum absolute atomic E-state index is 0.0634. The minimum atomic E-state index is -4.59. The predicted molar refractivity (Wildman–Crippen MR) is 125 cm³/mol. The maximum absolute atomic E-state index is 14.1. The van der Waals surface area contributed by atoms with Crippen molar-refractivity contribution < 1.29 is 31.8 Å². The molecule has 2 aromatic heterocycles. The number of aryl methyl sites for hydroxylation is 1. The zero-order chi connectivity index (χ0) is 25.9. The Morgan fingerprint density at radius 3 is 2.50 bits per heavy atom. The number of benzene rings is 2. The molecule has 0 radical (unpaired) electrons. The van der Waals surface area contributed by atoms with Gasteiger partial charge in [-0.05, 0) is 62.4 Å². The smallest absolute Gasteiger partial charge is 0.416 e. The highest BCUT2D eigenvalue weighted by molar-refractivity contribution is 5.87. The van der Waals surface area contributed by atoms with Gasteiger partial charge in [-0.3, -0.25) is 4.57 Å².